The van der Waals surface area contributed by atoms with Crippen molar-refractivity contribution in [2.24, 2.45) is 0 Å². The van der Waals surface area contributed by atoms with Crippen LogP contribution < -0.4 is 5.32 Å². The molecule has 0 spiro atoms. The number of aromatic amines is 1. The summed E-state index contributed by atoms with van der Waals surface area (Å²) in [7, 11) is 1.31. The monoisotopic (exact) mass is 468 g/mol. The van der Waals surface area contributed by atoms with Gasteiger partial charge in [-0.3, -0.25) is 9.78 Å². The third-order valence-electron chi connectivity index (χ3n) is 5.15. The van der Waals surface area contributed by atoms with E-state index in [0.29, 0.717) is 36.1 Å². The molecule has 174 valence electrons. The van der Waals surface area contributed by atoms with E-state index in [1.165, 1.54) is 7.11 Å². The van der Waals surface area contributed by atoms with Crippen LogP contribution in [-0.2, 0) is 23.8 Å². The fraction of sp³-hybridized carbons (Fsp3) is 0.167. The summed E-state index contributed by atoms with van der Waals surface area (Å²) in [6.07, 6.45) is 0.180. The fourth-order valence-electron chi connectivity index (χ4n) is 3.43. The van der Waals surface area contributed by atoms with Gasteiger partial charge in [-0.15, -0.1) is 0 Å². The Hall–Kier alpha value is -4.21. The first-order valence-corrected chi connectivity index (χ1v) is 10.2. The zero-order valence-corrected chi connectivity index (χ0v) is 17.9. The van der Waals surface area contributed by atoms with E-state index in [0.717, 1.165) is 28.8 Å². The molecule has 10 heteroatoms. The van der Waals surface area contributed by atoms with E-state index in [9.17, 15) is 22.8 Å². The van der Waals surface area contributed by atoms with Crippen molar-refractivity contribution in [2.75, 3.05) is 12.4 Å². The standard InChI is InChI=1S/C24H19F3N4O3/c1-34-23(33)20-10-16-7-15(11-29-21(16)31-20)6-5-14-3-2-4-19(8-14)30-22(32)17-9-18(13-28-12-17)24(25,26)27/h2-4,7-13H,5-6H2,1H3,(H,29,31)(H,30,32). The van der Waals surface area contributed by atoms with Gasteiger partial charge in [0.15, 0.2) is 0 Å². The number of aromatic nitrogens is 3. The number of H-pyrrole nitrogens is 1. The van der Waals surface area contributed by atoms with E-state index in [1.807, 2.05) is 12.1 Å². The van der Waals surface area contributed by atoms with Crippen LogP contribution in [0.1, 0.15) is 37.5 Å². The highest BCUT2D eigenvalue weighted by atomic mass is 19.4. The van der Waals surface area contributed by atoms with Crippen LogP contribution >= 0.6 is 0 Å². The largest absolute Gasteiger partial charge is 0.464 e. The number of fused-ring (bicyclic) bond motifs is 1. The Bertz CT molecular complexity index is 1370. The number of carbonyl (C=O) groups is 2. The van der Waals surface area contributed by atoms with Crippen LogP contribution in [0.25, 0.3) is 11.0 Å². The lowest BCUT2D eigenvalue weighted by Gasteiger charge is -2.10. The lowest BCUT2D eigenvalue weighted by Crippen LogP contribution is -2.14. The number of rotatable bonds is 6. The number of aryl methyl sites for hydroxylation is 2. The number of hydrogen-bond donors (Lipinski definition) is 2. The first-order valence-electron chi connectivity index (χ1n) is 10.2. The predicted molar refractivity (Wildman–Crippen MR) is 118 cm³/mol. The van der Waals surface area contributed by atoms with Crippen LogP contribution in [-0.4, -0.2) is 33.9 Å². The van der Waals surface area contributed by atoms with Crippen molar-refractivity contribution in [1.29, 1.82) is 0 Å². The second kappa shape index (κ2) is 9.34. The Kier molecular flexibility index (Phi) is 6.31. The maximum Gasteiger partial charge on any atom is 0.417 e. The smallest absolute Gasteiger partial charge is 0.417 e. The molecule has 0 unspecified atom stereocenters. The van der Waals surface area contributed by atoms with Gasteiger partial charge in [0.05, 0.1) is 18.2 Å². The number of benzene rings is 1. The molecule has 3 aromatic heterocycles. The first-order chi connectivity index (χ1) is 16.2. The second-order valence-electron chi connectivity index (χ2n) is 7.57. The molecule has 4 rings (SSSR count). The Labute approximate surface area is 192 Å². The van der Waals surface area contributed by atoms with Crippen molar-refractivity contribution in [3.05, 3.63) is 89.0 Å². The Morgan fingerprint density at radius 1 is 1.03 bits per heavy atom. The molecule has 0 radical (unpaired) electrons. The van der Waals surface area contributed by atoms with Gasteiger partial charge < -0.3 is 15.0 Å². The molecule has 34 heavy (non-hydrogen) atoms. The number of carbonyl (C=O) groups excluding carboxylic acids is 2. The van der Waals surface area contributed by atoms with Gasteiger partial charge in [-0.25, -0.2) is 9.78 Å². The number of amides is 1. The molecule has 0 saturated carbocycles. The number of anilines is 1. The highest BCUT2D eigenvalue weighted by Crippen LogP contribution is 2.29. The summed E-state index contributed by atoms with van der Waals surface area (Å²) < 4.78 is 43.3. The summed E-state index contributed by atoms with van der Waals surface area (Å²) in [5.41, 5.74) is 2.07. The molecular formula is C24H19F3N4O3. The zero-order chi connectivity index (χ0) is 24.3. The average Bonchev–Trinajstić information content (AvgIpc) is 3.25. The second-order valence-corrected chi connectivity index (χ2v) is 7.57. The van der Waals surface area contributed by atoms with Crippen molar-refractivity contribution in [2.45, 2.75) is 19.0 Å². The molecule has 3 heterocycles. The minimum atomic E-state index is -4.58. The topological polar surface area (TPSA) is 97.0 Å². The molecule has 0 aliphatic heterocycles. The number of esters is 1. The number of halogens is 3. The van der Waals surface area contributed by atoms with Crippen LogP contribution in [0.15, 0.2) is 61.1 Å². The number of methoxy groups -OCH3 is 1. The summed E-state index contributed by atoms with van der Waals surface area (Å²) in [5.74, 6) is -1.15. The number of hydrogen-bond acceptors (Lipinski definition) is 5. The van der Waals surface area contributed by atoms with E-state index >= 15 is 0 Å². The van der Waals surface area contributed by atoms with Crippen molar-refractivity contribution in [3.63, 3.8) is 0 Å². The summed E-state index contributed by atoms with van der Waals surface area (Å²) in [4.78, 5) is 34.9. The van der Waals surface area contributed by atoms with Gasteiger partial charge in [-0.1, -0.05) is 12.1 Å². The van der Waals surface area contributed by atoms with Gasteiger partial charge in [-0.05, 0) is 54.3 Å². The van der Waals surface area contributed by atoms with E-state index in [1.54, 1.807) is 30.5 Å². The molecule has 0 saturated heterocycles. The molecule has 0 aliphatic rings. The number of nitrogens with one attached hydrogen (secondary N) is 2. The lowest BCUT2D eigenvalue weighted by atomic mass is 10.0. The third-order valence-corrected chi connectivity index (χ3v) is 5.15. The van der Waals surface area contributed by atoms with Gasteiger partial charge in [0.25, 0.3) is 5.91 Å². The average molecular weight is 468 g/mol. The number of ether oxygens (including phenoxy) is 1. The summed E-state index contributed by atoms with van der Waals surface area (Å²) in [6, 6.07) is 11.4. The molecule has 7 nitrogen and oxygen atoms in total. The van der Waals surface area contributed by atoms with Crippen molar-refractivity contribution >= 4 is 28.6 Å². The number of nitrogens with zero attached hydrogens (tertiary/aromatic N) is 2. The molecule has 1 aromatic carbocycles. The van der Waals surface area contributed by atoms with E-state index < -0.39 is 23.6 Å². The fourth-order valence-corrected chi connectivity index (χ4v) is 3.43. The quantitative estimate of drug-likeness (QED) is 0.396. The van der Waals surface area contributed by atoms with Crippen molar-refractivity contribution in [1.82, 2.24) is 15.0 Å². The predicted octanol–water partition coefficient (Wildman–Crippen LogP) is 4.80. The molecule has 0 aliphatic carbocycles. The molecule has 1 amide bonds. The molecule has 0 atom stereocenters. The summed E-state index contributed by atoms with van der Waals surface area (Å²) >= 11 is 0. The van der Waals surface area contributed by atoms with Crippen molar-refractivity contribution < 1.29 is 27.5 Å². The van der Waals surface area contributed by atoms with Crippen LogP contribution in [0.3, 0.4) is 0 Å². The minimum absolute atomic E-state index is 0.183. The Morgan fingerprint density at radius 2 is 1.82 bits per heavy atom. The van der Waals surface area contributed by atoms with Crippen LogP contribution in [0.2, 0.25) is 0 Å². The van der Waals surface area contributed by atoms with Crippen LogP contribution in [0.5, 0.6) is 0 Å². The summed E-state index contributed by atoms with van der Waals surface area (Å²) in [5, 5.41) is 3.40. The van der Waals surface area contributed by atoms with Gasteiger partial charge in [0, 0.05) is 29.7 Å². The minimum Gasteiger partial charge on any atom is -0.464 e. The Morgan fingerprint density at radius 3 is 2.59 bits per heavy atom. The SMILES string of the molecule is COC(=O)c1cc2cc(CCc3cccc(NC(=O)c4cncc(C(F)(F)F)c4)c3)cnc2[nH]1. The van der Waals surface area contributed by atoms with E-state index in [-0.39, 0.29) is 5.56 Å². The van der Waals surface area contributed by atoms with Crippen LogP contribution in [0.4, 0.5) is 18.9 Å². The molecule has 0 bridgehead atoms. The van der Waals surface area contributed by atoms with Crippen molar-refractivity contribution in [3.8, 4) is 0 Å². The Balaban J connectivity index is 1.43. The number of pyridine rings is 2. The first kappa shape index (κ1) is 23.0. The zero-order valence-electron chi connectivity index (χ0n) is 17.9. The van der Waals surface area contributed by atoms with Gasteiger partial charge in [0.1, 0.15) is 11.3 Å². The van der Waals surface area contributed by atoms with Gasteiger partial charge in [-0.2, -0.15) is 13.2 Å². The maximum atomic E-state index is 12.9. The van der Waals surface area contributed by atoms with Gasteiger partial charge in [0.2, 0.25) is 0 Å². The maximum absolute atomic E-state index is 12.9. The highest BCUT2D eigenvalue weighted by Gasteiger charge is 2.31. The molecule has 2 N–H and O–H groups in total. The number of alkyl halides is 3. The normalized spacial score (nSPS) is 11.4. The molecule has 4 aromatic rings. The summed E-state index contributed by atoms with van der Waals surface area (Å²) in [6.45, 7) is 0. The lowest BCUT2D eigenvalue weighted by molar-refractivity contribution is -0.137. The molecule has 0 fully saturated rings. The third kappa shape index (κ3) is 5.22. The van der Waals surface area contributed by atoms with E-state index in [2.05, 4.69) is 20.3 Å². The van der Waals surface area contributed by atoms with Gasteiger partial charge >= 0.3 is 12.1 Å². The van der Waals surface area contributed by atoms with Crippen LogP contribution in [0, 0.1) is 0 Å². The molecular weight excluding hydrogens is 449 g/mol. The highest BCUT2D eigenvalue weighted by molar-refractivity contribution is 6.04. The van der Waals surface area contributed by atoms with E-state index in [4.69, 9.17) is 4.74 Å².